The molecule has 0 aliphatic rings. The molecule has 1 heterocycles. The van der Waals surface area contributed by atoms with Gasteiger partial charge in [-0.3, -0.25) is 4.79 Å². The third-order valence-corrected chi connectivity index (χ3v) is 4.41. The van der Waals surface area contributed by atoms with Crippen LogP contribution in [0.4, 0.5) is 0 Å². The van der Waals surface area contributed by atoms with Crippen LogP contribution in [-0.4, -0.2) is 16.1 Å². The Morgan fingerprint density at radius 1 is 1.32 bits per heavy atom. The molecule has 0 bridgehead atoms. The molecule has 0 aliphatic heterocycles. The first-order valence-electron chi connectivity index (χ1n) is 6.20. The number of hydrogen-bond acceptors (Lipinski definition) is 3. The van der Waals surface area contributed by atoms with Gasteiger partial charge in [0.15, 0.2) is 0 Å². The summed E-state index contributed by atoms with van der Waals surface area (Å²) in [5.41, 5.74) is 2.88. The molecular formula is C15H17NO2S. The van der Waals surface area contributed by atoms with Crippen LogP contribution >= 0.6 is 11.3 Å². The molecule has 0 saturated carbocycles. The van der Waals surface area contributed by atoms with Crippen LogP contribution in [0.5, 0.6) is 0 Å². The second-order valence-corrected chi connectivity index (χ2v) is 5.99. The zero-order valence-electron chi connectivity index (χ0n) is 11.3. The molecule has 0 spiro atoms. The summed E-state index contributed by atoms with van der Waals surface area (Å²) in [5, 5.41) is 10.4. The van der Waals surface area contributed by atoms with Crippen molar-refractivity contribution in [1.82, 2.24) is 4.98 Å². The number of thiazole rings is 1. The van der Waals surface area contributed by atoms with E-state index in [1.807, 2.05) is 45.0 Å². The Kier molecular flexibility index (Phi) is 4.00. The highest BCUT2D eigenvalue weighted by Crippen LogP contribution is 2.27. The van der Waals surface area contributed by atoms with E-state index < -0.39 is 11.9 Å². The monoisotopic (exact) mass is 275 g/mol. The molecule has 2 rings (SSSR count). The summed E-state index contributed by atoms with van der Waals surface area (Å²) in [5.74, 6) is -1.31. The number of carboxylic acids is 1. The molecule has 4 heteroatoms. The molecule has 2 aromatic rings. The molecule has 1 unspecified atom stereocenters. The lowest BCUT2D eigenvalue weighted by molar-refractivity contribution is -0.138. The van der Waals surface area contributed by atoms with E-state index in [2.05, 4.69) is 4.98 Å². The van der Waals surface area contributed by atoms with Crippen molar-refractivity contribution in [1.29, 1.82) is 0 Å². The Labute approximate surface area is 116 Å². The van der Waals surface area contributed by atoms with Crippen molar-refractivity contribution in [3.63, 3.8) is 0 Å². The van der Waals surface area contributed by atoms with Crippen molar-refractivity contribution in [2.24, 2.45) is 0 Å². The first-order chi connectivity index (χ1) is 8.99. The van der Waals surface area contributed by atoms with Crippen LogP contribution < -0.4 is 0 Å². The Hall–Kier alpha value is -1.68. The Morgan fingerprint density at radius 2 is 2.00 bits per heavy atom. The molecule has 1 aromatic carbocycles. The summed E-state index contributed by atoms with van der Waals surface area (Å²) in [4.78, 5) is 17.1. The molecule has 1 atom stereocenters. The van der Waals surface area contributed by atoms with Gasteiger partial charge in [0.1, 0.15) is 0 Å². The highest BCUT2D eigenvalue weighted by Gasteiger charge is 2.23. The summed E-state index contributed by atoms with van der Waals surface area (Å²) in [6, 6.07) is 7.65. The minimum Gasteiger partial charge on any atom is -0.481 e. The van der Waals surface area contributed by atoms with Gasteiger partial charge in [-0.05, 0) is 31.9 Å². The molecule has 0 radical (unpaired) electrons. The van der Waals surface area contributed by atoms with Crippen molar-refractivity contribution >= 4 is 17.3 Å². The number of aliphatic carboxylic acids is 1. The molecule has 0 amide bonds. The highest BCUT2D eigenvalue weighted by atomic mass is 32.1. The number of aryl methyl sites for hydroxylation is 3. The summed E-state index contributed by atoms with van der Waals surface area (Å²) in [6.45, 7) is 5.92. The predicted molar refractivity (Wildman–Crippen MR) is 76.8 cm³/mol. The Bertz CT molecular complexity index is 584. The third kappa shape index (κ3) is 3.01. The van der Waals surface area contributed by atoms with Gasteiger partial charge in [-0.2, -0.15) is 0 Å². The minimum absolute atomic E-state index is 0.458. The van der Waals surface area contributed by atoms with E-state index in [0.29, 0.717) is 6.42 Å². The Balaban J connectivity index is 2.32. The molecule has 19 heavy (non-hydrogen) atoms. The number of nitrogens with zero attached hydrogens (tertiary/aromatic N) is 1. The van der Waals surface area contributed by atoms with Crippen LogP contribution in [0.1, 0.15) is 32.6 Å². The molecule has 1 aromatic heterocycles. The maximum atomic E-state index is 11.5. The normalized spacial score (nSPS) is 12.4. The zero-order chi connectivity index (χ0) is 14.0. The average molecular weight is 275 g/mol. The molecular weight excluding hydrogens is 258 g/mol. The summed E-state index contributed by atoms with van der Waals surface area (Å²) < 4.78 is 0. The van der Waals surface area contributed by atoms with Crippen molar-refractivity contribution in [2.75, 3.05) is 0 Å². The van der Waals surface area contributed by atoms with Gasteiger partial charge in [-0.15, -0.1) is 11.3 Å². The van der Waals surface area contributed by atoms with Crippen molar-refractivity contribution < 1.29 is 9.90 Å². The van der Waals surface area contributed by atoms with Gasteiger partial charge >= 0.3 is 5.97 Å². The van der Waals surface area contributed by atoms with E-state index in [4.69, 9.17) is 0 Å². The quantitative estimate of drug-likeness (QED) is 0.929. The molecule has 0 aliphatic carbocycles. The van der Waals surface area contributed by atoms with E-state index in [1.165, 1.54) is 0 Å². The highest BCUT2D eigenvalue weighted by molar-refractivity contribution is 7.11. The van der Waals surface area contributed by atoms with E-state index in [1.54, 1.807) is 11.3 Å². The van der Waals surface area contributed by atoms with Gasteiger partial charge < -0.3 is 5.11 Å². The van der Waals surface area contributed by atoms with Crippen molar-refractivity contribution in [3.8, 4) is 0 Å². The predicted octanol–water partition coefficient (Wildman–Crippen LogP) is 3.48. The lowest BCUT2D eigenvalue weighted by Crippen LogP contribution is -2.15. The van der Waals surface area contributed by atoms with Crippen LogP contribution in [0.2, 0.25) is 0 Å². The molecule has 1 N–H and O–H groups in total. The topological polar surface area (TPSA) is 50.2 Å². The summed E-state index contributed by atoms with van der Waals surface area (Å²) in [7, 11) is 0. The second kappa shape index (κ2) is 5.53. The zero-order valence-corrected chi connectivity index (χ0v) is 12.1. The van der Waals surface area contributed by atoms with Gasteiger partial charge in [-0.25, -0.2) is 4.98 Å². The first-order valence-corrected chi connectivity index (χ1v) is 7.02. The number of rotatable bonds is 4. The number of benzene rings is 1. The van der Waals surface area contributed by atoms with E-state index in [-0.39, 0.29) is 0 Å². The van der Waals surface area contributed by atoms with Crippen LogP contribution in [0.15, 0.2) is 24.3 Å². The van der Waals surface area contributed by atoms with Crippen LogP contribution in [0.3, 0.4) is 0 Å². The van der Waals surface area contributed by atoms with Gasteiger partial charge in [-0.1, -0.05) is 24.3 Å². The largest absolute Gasteiger partial charge is 0.481 e. The fraction of sp³-hybridized carbons (Fsp3) is 0.333. The van der Waals surface area contributed by atoms with Crippen LogP contribution in [0.25, 0.3) is 0 Å². The van der Waals surface area contributed by atoms with Gasteiger partial charge in [0.05, 0.1) is 16.6 Å². The first kappa shape index (κ1) is 13.7. The number of aromatic nitrogens is 1. The maximum absolute atomic E-state index is 11.5. The van der Waals surface area contributed by atoms with Gasteiger partial charge in [0.25, 0.3) is 0 Å². The van der Waals surface area contributed by atoms with Crippen LogP contribution in [-0.2, 0) is 11.2 Å². The smallest absolute Gasteiger partial charge is 0.311 e. The van der Waals surface area contributed by atoms with E-state index in [0.717, 1.165) is 26.7 Å². The van der Waals surface area contributed by atoms with Crippen molar-refractivity contribution in [2.45, 2.75) is 33.1 Å². The van der Waals surface area contributed by atoms with E-state index >= 15 is 0 Å². The second-order valence-electron chi connectivity index (χ2n) is 4.70. The number of carboxylic acid groups (broad SMARTS) is 1. The molecule has 3 nitrogen and oxygen atoms in total. The Morgan fingerprint density at radius 3 is 2.53 bits per heavy atom. The third-order valence-electron chi connectivity index (χ3n) is 3.31. The molecule has 0 fully saturated rings. The summed E-state index contributed by atoms with van der Waals surface area (Å²) >= 11 is 1.59. The SMILES string of the molecule is Cc1ccccc1C(Cc1nc(C)c(C)s1)C(=O)O. The van der Waals surface area contributed by atoms with Crippen molar-refractivity contribution in [3.05, 3.63) is 51.0 Å². The number of carbonyl (C=O) groups is 1. The molecule has 0 saturated heterocycles. The fourth-order valence-electron chi connectivity index (χ4n) is 2.11. The van der Waals surface area contributed by atoms with Gasteiger partial charge in [0, 0.05) is 11.3 Å². The molecule has 100 valence electrons. The lowest BCUT2D eigenvalue weighted by atomic mass is 9.92. The van der Waals surface area contributed by atoms with Gasteiger partial charge in [0.2, 0.25) is 0 Å². The fourth-order valence-corrected chi connectivity index (χ4v) is 3.09. The average Bonchev–Trinajstić information content (AvgIpc) is 2.66. The lowest BCUT2D eigenvalue weighted by Gasteiger charge is -2.13. The minimum atomic E-state index is -0.792. The van der Waals surface area contributed by atoms with E-state index in [9.17, 15) is 9.90 Å². The summed E-state index contributed by atoms with van der Waals surface area (Å²) in [6.07, 6.45) is 0.458. The standard InChI is InChI=1S/C15H17NO2S/c1-9-6-4-5-7-12(9)13(15(17)18)8-14-16-10(2)11(3)19-14/h4-7,13H,8H2,1-3H3,(H,17,18). The van der Waals surface area contributed by atoms with Crippen LogP contribution in [0, 0.1) is 20.8 Å². The maximum Gasteiger partial charge on any atom is 0.311 e. The number of hydrogen-bond donors (Lipinski definition) is 1.